The van der Waals surface area contributed by atoms with Gasteiger partial charge in [0, 0.05) is 19.3 Å². The van der Waals surface area contributed by atoms with E-state index in [9.17, 15) is 22.8 Å². The number of nitrogens with zero attached hydrogens (tertiary/aromatic N) is 1. The largest absolute Gasteiger partial charge is 0.466 e. The summed E-state index contributed by atoms with van der Waals surface area (Å²) in [7, 11) is -3.35. The first-order valence-electron chi connectivity index (χ1n) is 8.64. The highest BCUT2D eigenvalue weighted by atomic mass is 32.2. The molecule has 1 amide bonds. The molecule has 8 nitrogen and oxygen atoms in total. The number of hydrogen-bond acceptors (Lipinski definition) is 7. The zero-order valence-electron chi connectivity index (χ0n) is 15.3. The fourth-order valence-corrected chi connectivity index (χ4v) is 3.40. The van der Waals surface area contributed by atoms with Gasteiger partial charge in [-0.05, 0) is 44.0 Å². The van der Waals surface area contributed by atoms with Crippen LogP contribution in [0.5, 0.6) is 0 Å². The van der Waals surface area contributed by atoms with E-state index >= 15 is 0 Å². The minimum atomic E-state index is -3.35. The van der Waals surface area contributed by atoms with E-state index in [0.717, 1.165) is 6.26 Å². The van der Waals surface area contributed by atoms with Crippen molar-refractivity contribution < 1.29 is 32.3 Å². The number of carbonyl (C=O) groups is 3. The Kier molecular flexibility index (Phi) is 6.95. The lowest BCUT2D eigenvalue weighted by Crippen LogP contribution is -2.42. The molecule has 0 unspecified atom stereocenters. The molecule has 0 spiro atoms. The van der Waals surface area contributed by atoms with Crippen LogP contribution in [-0.2, 0) is 28.9 Å². The summed E-state index contributed by atoms with van der Waals surface area (Å²) in [5.74, 6) is -1.48. The van der Waals surface area contributed by atoms with Gasteiger partial charge in [0.1, 0.15) is 0 Å². The monoisotopic (exact) mass is 397 g/mol. The van der Waals surface area contributed by atoms with Crippen LogP contribution in [0.25, 0.3) is 0 Å². The lowest BCUT2D eigenvalue weighted by atomic mass is 9.97. The number of rotatable bonds is 6. The molecule has 0 N–H and O–H groups in total. The number of carbonyl (C=O) groups excluding carboxylic acids is 3. The summed E-state index contributed by atoms with van der Waals surface area (Å²) in [4.78, 5) is 37.5. The third-order valence-corrected chi connectivity index (χ3v) is 5.44. The molecule has 0 saturated carbocycles. The second kappa shape index (κ2) is 8.98. The van der Waals surface area contributed by atoms with Gasteiger partial charge in [-0.1, -0.05) is 0 Å². The normalized spacial score (nSPS) is 15.3. The first kappa shape index (κ1) is 20.9. The summed E-state index contributed by atoms with van der Waals surface area (Å²) in [6.07, 6.45) is 2.11. The van der Waals surface area contributed by atoms with Crippen molar-refractivity contribution in [3.05, 3.63) is 29.8 Å². The molecule has 9 heteroatoms. The zero-order valence-corrected chi connectivity index (χ0v) is 16.2. The second-order valence-corrected chi connectivity index (χ2v) is 8.30. The van der Waals surface area contributed by atoms with E-state index in [1.807, 2.05) is 0 Å². The maximum atomic E-state index is 12.2. The van der Waals surface area contributed by atoms with E-state index in [2.05, 4.69) is 0 Å². The van der Waals surface area contributed by atoms with Gasteiger partial charge in [-0.2, -0.15) is 0 Å². The molecule has 0 radical (unpaired) electrons. The fraction of sp³-hybridized carbons (Fsp3) is 0.500. The third kappa shape index (κ3) is 5.78. The molecule has 1 aromatic carbocycles. The number of amides is 1. The molecule has 2 rings (SSSR count). The number of esters is 2. The highest BCUT2D eigenvalue weighted by Crippen LogP contribution is 2.19. The predicted molar refractivity (Wildman–Crippen MR) is 95.8 cm³/mol. The molecule has 0 atom stereocenters. The Bertz CT molecular complexity index is 794. The quantitative estimate of drug-likeness (QED) is 0.660. The van der Waals surface area contributed by atoms with Crippen LogP contribution in [0.15, 0.2) is 29.2 Å². The van der Waals surface area contributed by atoms with Crippen LogP contribution in [0.3, 0.4) is 0 Å². The van der Waals surface area contributed by atoms with E-state index in [-0.39, 0.29) is 28.3 Å². The topological polar surface area (TPSA) is 107 Å². The van der Waals surface area contributed by atoms with Gasteiger partial charge in [-0.3, -0.25) is 9.59 Å². The summed E-state index contributed by atoms with van der Waals surface area (Å²) in [5.41, 5.74) is 0.163. The van der Waals surface area contributed by atoms with Crippen LogP contribution in [0, 0.1) is 5.92 Å². The van der Waals surface area contributed by atoms with E-state index in [4.69, 9.17) is 9.47 Å². The first-order valence-corrected chi connectivity index (χ1v) is 10.5. The Balaban J connectivity index is 1.82. The van der Waals surface area contributed by atoms with Crippen LogP contribution in [0.4, 0.5) is 0 Å². The molecule has 1 aromatic rings. The van der Waals surface area contributed by atoms with Gasteiger partial charge in [0.15, 0.2) is 16.4 Å². The number of benzene rings is 1. The maximum absolute atomic E-state index is 12.2. The molecule has 1 saturated heterocycles. The van der Waals surface area contributed by atoms with Crippen molar-refractivity contribution in [2.75, 3.05) is 32.6 Å². The molecular formula is C18H23NO7S. The summed E-state index contributed by atoms with van der Waals surface area (Å²) < 4.78 is 32.8. The SMILES string of the molecule is CCOC(=O)C1CCN(C(=O)COC(=O)c2ccc(S(C)(=O)=O)cc2)CC1. The lowest BCUT2D eigenvalue weighted by Gasteiger charge is -2.30. The summed E-state index contributed by atoms with van der Waals surface area (Å²) in [5, 5.41) is 0. The number of likely N-dealkylation sites (tertiary alicyclic amines) is 1. The van der Waals surface area contributed by atoms with E-state index in [0.29, 0.717) is 32.5 Å². The highest BCUT2D eigenvalue weighted by molar-refractivity contribution is 7.90. The lowest BCUT2D eigenvalue weighted by molar-refractivity contribution is -0.151. The van der Waals surface area contributed by atoms with Gasteiger partial charge >= 0.3 is 11.9 Å². The maximum Gasteiger partial charge on any atom is 0.338 e. The standard InChI is InChI=1S/C18H23NO7S/c1-3-25-17(21)14-8-10-19(11-9-14)16(20)12-26-18(22)13-4-6-15(7-5-13)27(2,23)24/h4-7,14H,3,8-12H2,1-2H3. The molecule has 1 fully saturated rings. The molecule has 27 heavy (non-hydrogen) atoms. The van der Waals surface area contributed by atoms with Crippen molar-refractivity contribution in [2.45, 2.75) is 24.7 Å². The first-order chi connectivity index (χ1) is 12.7. The van der Waals surface area contributed by atoms with Crippen molar-refractivity contribution in [3.63, 3.8) is 0 Å². The van der Waals surface area contributed by atoms with E-state index in [1.165, 1.54) is 24.3 Å². The van der Waals surface area contributed by atoms with Crippen LogP contribution < -0.4 is 0 Å². The smallest absolute Gasteiger partial charge is 0.338 e. The minimum Gasteiger partial charge on any atom is -0.466 e. The fourth-order valence-electron chi connectivity index (χ4n) is 2.76. The van der Waals surface area contributed by atoms with Crippen LogP contribution in [0.2, 0.25) is 0 Å². The molecule has 1 heterocycles. The number of sulfone groups is 1. The number of ether oxygens (including phenoxy) is 2. The van der Waals surface area contributed by atoms with Crippen LogP contribution in [0.1, 0.15) is 30.1 Å². The van der Waals surface area contributed by atoms with Crippen LogP contribution in [-0.4, -0.2) is 63.7 Å². The molecule has 1 aliphatic rings. The van der Waals surface area contributed by atoms with Crippen molar-refractivity contribution in [1.29, 1.82) is 0 Å². The summed E-state index contributed by atoms with van der Waals surface area (Å²) in [6, 6.07) is 5.31. The van der Waals surface area contributed by atoms with Crippen molar-refractivity contribution in [1.82, 2.24) is 4.90 Å². The van der Waals surface area contributed by atoms with Gasteiger partial charge in [0.2, 0.25) is 0 Å². The van der Waals surface area contributed by atoms with Gasteiger partial charge in [0.05, 0.1) is 23.0 Å². The molecule has 148 valence electrons. The average Bonchev–Trinajstić information content (AvgIpc) is 2.65. The molecule has 0 aromatic heterocycles. The highest BCUT2D eigenvalue weighted by Gasteiger charge is 2.28. The number of hydrogen-bond donors (Lipinski definition) is 0. The van der Waals surface area contributed by atoms with Gasteiger partial charge in [0.25, 0.3) is 5.91 Å². The summed E-state index contributed by atoms with van der Waals surface area (Å²) in [6.45, 7) is 2.49. The number of piperidine rings is 1. The Morgan fingerprint density at radius 1 is 1.07 bits per heavy atom. The molecular weight excluding hydrogens is 374 g/mol. The Hall–Kier alpha value is -2.42. The van der Waals surface area contributed by atoms with E-state index < -0.39 is 22.4 Å². The minimum absolute atomic E-state index is 0.0968. The van der Waals surface area contributed by atoms with Gasteiger partial charge in [-0.25, -0.2) is 13.2 Å². The van der Waals surface area contributed by atoms with Crippen molar-refractivity contribution in [3.8, 4) is 0 Å². The Morgan fingerprint density at radius 2 is 1.67 bits per heavy atom. The average molecular weight is 397 g/mol. The van der Waals surface area contributed by atoms with Gasteiger partial charge < -0.3 is 14.4 Å². The predicted octanol–water partition coefficient (Wildman–Crippen LogP) is 1.05. The Morgan fingerprint density at radius 3 is 2.19 bits per heavy atom. The van der Waals surface area contributed by atoms with Crippen molar-refractivity contribution in [2.24, 2.45) is 5.92 Å². The van der Waals surface area contributed by atoms with Crippen molar-refractivity contribution >= 4 is 27.7 Å². The third-order valence-electron chi connectivity index (χ3n) is 4.31. The van der Waals surface area contributed by atoms with Crippen LogP contribution >= 0.6 is 0 Å². The summed E-state index contributed by atoms with van der Waals surface area (Å²) >= 11 is 0. The van der Waals surface area contributed by atoms with E-state index in [1.54, 1.807) is 11.8 Å². The van der Waals surface area contributed by atoms with Gasteiger partial charge in [-0.15, -0.1) is 0 Å². The molecule has 1 aliphatic heterocycles. The molecule has 0 aliphatic carbocycles. The molecule has 0 bridgehead atoms. The second-order valence-electron chi connectivity index (χ2n) is 6.28. The zero-order chi connectivity index (χ0) is 20.0. The Labute approximate surface area is 158 Å².